The minimum atomic E-state index is -0.493. The summed E-state index contributed by atoms with van der Waals surface area (Å²) in [5.74, 6) is 0.466. The zero-order chi connectivity index (χ0) is 15.9. The molecule has 6 heteroatoms. The van der Waals surface area contributed by atoms with E-state index in [0.717, 1.165) is 10.6 Å². The standard InChI is InChI=1S/C16H16N2O3S/c1-21-13-6-8-14(9-7-13)22-10-15(19)18-12-4-2-11(3-5-12)16(17)20/h2-9H,10H2,1H3,(H2,17,20)(H,18,19). The number of carbonyl (C=O) groups is 2. The topological polar surface area (TPSA) is 81.4 Å². The Balaban J connectivity index is 1.85. The molecule has 0 aliphatic carbocycles. The smallest absolute Gasteiger partial charge is 0.248 e. The summed E-state index contributed by atoms with van der Waals surface area (Å²) in [6.45, 7) is 0. The van der Waals surface area contributed by atoms with E-state index in [-0.39, 0.29) is 5.91 Å². The number of hydrogen-bond donors (Lipinski definition) is 2. The lowest BCUT2D eigenvalue weighted by atomic mass is 10.2. The summed E-state index contributed by atoms with van der Waals surface area (Å²) in [4.78, 5) is 23.8. The number of benzene rings is 2. The molecule has 2 aromatic rings. The van der Waals surface area contributed by atoms with Gasteiger partial charge in [0.15, 0.2) is 0 Å². The van der Waals surface area contributed by atoms with Gasteiger partial charge in [-0.2, -0.15) is 0 Å². The Morgan fingerprint density at radius 3 is 2.27 bits per heavy atom. The van der Waals surface area contributed by atoms with E-state index in [0.29, 0.717) is 17.0 Å². The van der Waals surface area contributed by atoms with Gasteiger partial charge in [-0.25, -0.2) is 0 Å². The molecule has 5 nitrogen and oxygen atoms in total. The Hall–Kier alpha value is -2.47. The summed E-state index contributed by atoms with van der Waals surface area (Å²) in [5.41, 5.74) is 6.20. The monoisotopic (exact) mass is 316 g/mol. The van der Waals surface area contributed by atoms with Crippen LogP contribution in [-0.4, -0.2) is 24.7 Å². The highest BCUT2D eigenvalue weighted by molar-refractivity contribution is 8.00. The van der Waals surface area contributed by atoms with Gasteiger partial charge in [0.1, 0.15) is 5.75 Å². The van der Waals surface area contributed by atoms with E-state index < -0.39 is 5.91 Å². The van der Waals surface area contributed by atoms with Crippen molar-refractivity contribution in [3.05, 3.63) is 54.1 Å². The highest BCUT2D eigenvalue weighted by Crippen LogP contribution is 2.21. The third-order valence-corrected chi connectivity index (χ3v) is 3.89. The number of nitrogens with two attached hydrogens (primary N) is 1. The zero-order valence-electron chi connectivity index (χ0n) is 12.0. The van der Waals surface area contributed by atoms with Crippen molar-refractivity contribution >= 4 is 29.3 Å². The molecule has 2 rings (SSSR count). The van der Waals surface area contributed by atoms with Crippen LogP contribution in [0, 0.1) is 0 Å². The summed E-state index contributed by atoms with van der Waals surface area (Å²) in [5, 5.41) is 2.76. The van der Waals surface area contributed by atoms with E-state index in [1.807, 2.05) is 24.3 Å². The second-order valence-corrected chi connectivity index (χ2v) is 5.50. The molecule has 0 atom stereocenters. The van der Waals surface area contributed by atoms with Crippen molar-refractivity contribution < 1.29 is 14.3 Å². The van der Waals surface area contributed by atoms with Crippen molar-refractivity contribution in [3.63, 3.8) is 0 Å². The van der Waals surface area contributed by atoms with E-state index in [2.05, 4.69) is 5.32 Å². The van der Waals surface area contributed by atoms with Gasteiger partial charge in [-0.3, -0.25) is 9.59 Å². The number of ether oxygens (including phenoxy) is 1. The Labute approximate surface area is 132 Å². The Morgan fingerprint density at radius 2 is 1.73 bits per heavy atom. The van der Waals surface area contributed by atoms with Gasteiger partial charge >= 0.3 is 0 Å². The average molecular weight is 316 g/mol. The molecule has 3 N–H and O–H groups in total. The van der Waals surface area contributed by atoms with Crippen LogP contribution in [-0.2, 0) is 4.79 Å². The van der Waals surface area contributed by atoms with E-state index in [1.165, 1.54) is 11.8 Å². The number of thioether (sulfide) groups is 1. The molecular weight excluding hydrogens is 300 g/mol. The van der Waals surface area contributed by atoms with Crippen molar-refractivity contribution in [1.82, 2.24) is 0 Å². The zero-order valence-corrected chi connectivity index (χ0v) is 12.9. The van der Waals surface area contributed by atoms with Gasteiger partial charge < -0.3 is 15.8 Å². The van der Waals surface area contributed by atoms with E-state index >= 15 is 0 Å². The van der Waals surface area contributed by atoms with Crippen LogP contribution in [0.5, 0.6) is 5.75 Å². The van der Waals surface area contributed by atoms with Gasteiger partial charge in [0, 0.05) is 16.1 Å². The number of rotatable bonds is 6. The number of carbonyl (C=O) groups excluding carboxylic acids is 2. The fourth-order valence-corrected chi connectivity index (χ4v) is 2.43. The first-order valence-corrected chi connectivity index (χ1v) is 7.53. The summed E-state index contributed by atoms with van der Waals surface area (Å²) in [6.07, 6.45) is 0. The van der Waals surface area contributed by atoms with Gasteiger partial charge in [-0.1, -0.05) is 0 Å². The molecule has 2 amide bonds. The van der Waals surface area contributed by atoms with Gasteiger partial charge in [0.05, 0.1) is 12.9 Å². The van der Waals surface area contributed by atoms with E-state index in [9.17, 15) is 9.59 Å². The molecule has 0 heterocycles. The fourth-order valence-electron chi connectivity index (χ4n) is 1.74. The molecule has 0 unspecified atom stereocenters. The largest absolute Gasteiger partial charge is 0.497 e. The summed E-state index contributed by atoms with van der Waals surface area (Å²) < 4.78 is 5.08. The molecule has 114 valence electrons. The van der Waals surface area contributed by atoms with Gasteiger partial charge in [0.2, 0.25) is 11.8 Å². The number of amides is 2. The lowest BCUT2D eigenvalue weighted by molar-refractivity contribution is -0.113. The Bertz CT molecular complexity index is 654. The second kappa shape index (κ2) is 7.51. The molecule has 0 bridgehead atoms. The first-order valence-electron chi connectivity index (χ1n) is 6.55. The van der Waals surface area contributed by atoms with Crippen molar-refractivity contribution in [3.8, 4) is 5.75 Å². The maximum atomic E-state index is 11.9. The summed E-state index contributed by atoms with van der Waals surface area (Å²) >= 11 is 1.43. The van der Waals surface area contributed by atoms with Crippen molar-refractivity contribution in [2.24, 2.45) is 5.73 Å². The highest BCUT2D eigenvalue weighted by atomic mass is 32.2. The Kier molecular flexibility index (Phi) is 5.43. The maximum absolute atomic E-state index is 11.9. The molecule has 0 aromatic heterocycles. The highest BCUT2D eigenvalue weighted by Gasteiger charge is 2.05. The molecule has 0 saturated heterocycles. The third kappa shape index (κ3) is 4.53. The van der Waals surface area contributed by atoms with Crippen LogP contribution in [0.2, 0.25) is 0 Å². The van der Waals surface area contributed by atoms with Crippen LogP contribution in [0.15, 0.2) is 53.4 Å². The molecule has 0 saturated carbocycles. The van der Waals surface area contributed by atoms with Crippen LogP contribution in [0.1, 0.15) is 10.4 Å². The average Bonchev–Trinajstić information content (AvgIpc) is 2.54. The van der Waals surface area contributed by atoms with E-state index in [4.69, 9.17) is 10.5 Å². The number of anilines is 1. The molecular formula is C16H16N2O3S. The van der Waals surface area contributed by atoms with Crippen LogP contribution in [0.4, 0.5) is 5.69 Å². The minimum Gasteiger partial charge on any atom is -0.497 e. The van der Waals surface area contributed by atoms with Crippen LogP contribution in [0.25, 0.3) is 0 Å². The SMILES string of the molecule is COc1ccc(SCC(=O)Nc2ccc(C(N)=O)cc2)cc1. The number of methoxy groups -OCH3 is 1. The maximum Gasteiger partial charge on any atom is 0.248 e. The van der Waals surface area contributed by atoms with Crippen LogP contribution < -0.4 is 15.8 Å². The molecule has 0 radical (unpaired) electrons. The number of hydrogen-bond acceptors (Lipinski definition) is 4. The van der Waals surface area contributed by atoms with Crippen LogP contribution in [0.3, 0.4) is 0 Å². The molecule has 0 aliphatic heterocycles. The Morgan fingerprint density at radius 1 is 1.09 bits per heavy atom. The molecule has 2 aromatic carbocycles. The second-order valence-electron chi connectivity index (χ2n) is 4.45. The lowest BCUT2D eigenvalue weighted by Crippen LogP contribution is -2.14. The van der Waals surface area contributed by atoms with E-state index in [1.54, 1.807) is 31.4 Å². The molecule has 0 spiro atoms. The van der Waals surface area contributed by atoms with Crippen molar-refractivity contribution in [1.29, 1.82) is 0 Å². The van der Waals surface area contributed by atoms with Gasteiger partial charge in [-0.05, 0) is 48.5 Å². The van der Waals surface area contributed by atoms with Crippen molar-refractivity contribution in [2.75, 3.05) is 18.2 Å². The quantitative estimate of drug-likeness (QED) is 0.802. The van der Waals surface area contributed by atoms with Crippen LogP contribution >= 0.6 is 11.8 Å². The molecule has 0 aliphatic rings. The fraction of sp³-hybridized carbons (Fsp3) is 0.125. The first kappa shape index (κ1) is 15.9. The lowest BCUT2D eigenvalue weighted by Gasteiger charge is -2.06. The molecule has 0 fully saturated rings. The summed E-state index contributed by atoms with van der Waals surface area (Å²) in [6, 6.07) is 14.0. The normalized spacial score (nSPS) is 10.0. The third-order valence-electron chi connectivity index (χ3n) is 2.88. The minimum absolute atomic E-state index is 0.118. The van der Waals surface area contributed by atoms with Crippen molar-refractivity contribution in [2.45, 2.75) is 4.90 Å². The van der Waals surface area contributed by atoms with Gasteiger partial charge in [0.25, 0.3) is 0 Å². The first-order chi connectivity index (χ1) is 10.6. The molecule has 22 heavy (non-hydrogen) atoms. The predicted molar refractivity (Wildman–Crippen MR) is 87.3 cm³/mol. The summed E-state index contributed by atoms with van der Waals surface area (Å²) in [7, 11) is 1.61. The number of nitrogens with one attached hydrogen (secondary N) is 1. The van der Waals surface area contributed by atoms with Gasteiger partial charge in [-0.15, -0.1) is 11.8 Å². The number of primary amides is 1. The predicted octanol–water partition coefficient (Wildman–Crippen LogP) is 2.52.